The normalized spacial score (nSPS) is 11.2. The van der Waals surface area contributed by atoms with Gasteiger partial charge in [0.05, 0.1) is 24.7 Å². The quantitative estimate of drug-likeness (QED) is 0.281. The lowest BCUT2D eigenvalue weighted by Gasteiger charge is -2.25. The minimum absolute atomic E-state index is 0.384. The predicted octanol–water partition coefficient (Wildman–Crippen LogP) is 6.30. The monoisotopic (exact) mass is 467 g/mol. The highest BCUT2D eigenvalue weighted by molar-refractivity contribution is 6.29. The Morgan fingerprint density at radius 3 is 2.47 bits per heavy atom. The first-order chi connectivity index (χ1) is 16.7. The molecule has 0 aliphatic rings. The van der Waals surface area contributed by atoms with E-state index in [1.165, 1.54) is 0 Å². The minimum atomic E-state index is 0.384. The summed E-state index contributed by atoms with van der Waals surface area (Å²) in [5.41, 5.74) is 5.60. The maximum Gasteiger partial charge on any atom is 0.178 e. The highest BCUT2D eigenvalue weighted by atomic mass is 35.5. The molecule has 0 spiro atoms. The largest absolute Gasteiger partial charge is 0.497 e. The third-order valence-corrected chi connectivity index (χ3v) is 5.64. The maximum atomic E-state index is 6.51. The van der Waals surface area contributed by atoms with E-state index >= 15 is 0 Å². The second-order valence-electron chi connectivity index (χ2n) is 7.65. The molecule has 0 radical (unpaired) electrons. The van der Waals surface area contributed by atoms with Gasteiger partial charge in [-0.15, -0.1) is 0 Å². The smallest absolute Gasteiger partial charge is 0.178 e. The van der Waals surface area contributed by atoms with Crippen LogP contribution in [-0.4, -0.2) is 26.7 Å². The zero-order chi connectivity index (χ0) is 23.3. The van der Waals surface area contributed by atoms with E-state index in [0.717, 1.165) is 39.6 Å². The van der Waals surface area contributed by atoms with Crippen LogP contribution in [0.25, 0.3) is 17.8 Å². The molecule has 0 N–H and O–H groups in total. The first-order valence-corrected chi connectivity index (χ1v) is 11.2. The van der Waals surface area contributed by atoms with Gasteiger partial charge in [0.25, 0.3) is 0 Å². The summed E-state index contributed by atoms with van der Waals surface area (Å²) in [7, 11) is 1.67. The lowest BCUT2D eigenvalue weighted by atomic mass is 10.1. The molecule has 0 saturated heterocycles. The SMILES string of the molecule is COc1ccc(CN(c2ccccc2)c2cc(Cl)nn3c(/C=C/c4ccncc4)cnc23)cc1. The second-order valence-corrected chi connectivity index (χ2v) is 8.04. The van der Waals surface area contributed by atoms with Crippen LogP contribution < -0.4 is 9.64 Å². The zero-order valence-electron chi connectivity index (χ0n) is 18.5. The van der Waals surface area contributed by atoms with Crippen LogP contribution in [0.3, 0.4) is 0 Å². The number of hydrogen-bond acceptors (Lipinski definition) is 5. The lowest BCUT2D eigenvalue weighted by Crippen LogP contribution is -2.18. The maximum absolute atomic E-state index is 6.51. The summed E-state index contributed by atoms with van der Waals surface area (Å²) in [6, 6.07) is 24.0. The number of halogens is 1. The van der Waals surface area contributed by atoms with Gasteiger partial charge >= 0.3 is 0 Å². The van der Waals surface area contributed by atoms with Crippen molar-refractivity contribution < 1.29 is 4.74 Å². The third kappa shape index (κ3) is 4.63. The number of nitrogens with zero attached hydrogens (tertiary/aromatic N) is 5. The van der Waals surface area contributed by atoms with Gasteiger partial charge in [-0.05, 0) is 53.6 Å². The highest BCUT2D eigenvalue weighted by Gasteiger charge is 2.18. The molecule has 0 saturated carbocycles. The molecule has 0 fully saturated rings. The van der Waals surface area contributed by atoms with Crippen LogP contribution in [0, 0.1) is 0 Å². The van der Waals surface area contributed by atoms with Crippen molar-refractivity contribution in [3.05, 3.63) is 113 Å². The highest BCUT2D eigenvalue weighted by Crippen LogP contribution is 2.33. The van der Waals surface area contributed by atoms with Crippen molar-refractivity contribution in [2.75, 3.05) is 12.0 Å². The number of benzene rings is 2. The average molecular weight is 468 g/mol. The number of aromatic nitrogens is 4. The number of hydrogen-bond donors (Lipinski definition) is 0. The fourth-order valence-corrected chi connectivity index (χ4v) is 3.92. The van der Waals surface area contributed by atoms with Gasteiger partial charge < -0.3 is 9.64 Å². The summed E-state index contributed by atoms with van der Waals surface area (Å²) in [6.07, 6.45) is 9.30. The van der Waals surface area contributed by atoms with Gasteiger partial charge in [-0.2, -0.15) is 5.10 Å². The molecule has 3 aromatic heterocycles. The van der Waals surface area contributed by atoms with Gasteiger partial charge in [0.2, 0.25) is 0 Å². The Balaban J connectivity index is 1.58. The first kappa shape index (κ1) is 21.7. The van der Waals surface area contributed by atoms with E-state index in [0.29, 0.717) is 11.7 Å². The summed E-state index contributed by atoms with van der Waals surface area (Å²) in [4.78, 5) is 11.0. The van der Waals surface area contributed by atoms with Crippen molar-refractivity contribution in [1.29, 1.82) is 0 Å². The Labute approximate surface area is 202 Å². The van der Waals surface area contributed by atoms with Crippen molar-refractivity contribution in [1.82, 2.24) is 19.6 Å². The molecular weight excluding hydrogens is 446 g/mol. The van der Waals surface area contributed by atoms with E-state index in [-0.39, 0.29) is 0 Å². The van der Waals surface area contributed by atoms with Crippen molar-refractivity contribution >= 4 is 40.8 Å². The molecule has 0 amide bonds. The Bertz CT molecular complexity index is 1420. The van der Waals surface area contributed by atoms with E-state index < -0.39 is 0 Å². The van der Waals surface area contributed by atoms with Crippen molar-refractivity contribution in [2.24, 2.45) is 0 Å². The Morgan fingerprint density at radius 1 is 0.971 bits per heavy atom. The summed E-state index contributed by atoms with van der Waals surface area (Å²) in [5, 5.41) is 4.91. The van der Waals surface area contributed by atoms with Crippen LogP contribution in [0.1, 0.15) is 16.8 Å². The van der Waals surface area contributed by atoms with E-state index in [9.17, 15) is 0 Å². The summed E-state index contributed by atoms with van der Waals surface area (Å²) >= 11 is 6.51. The van der Waals surface area contributed by atoms with Gasteiger partial charge in [0.1, 0.15) is 5.75 Å². The topological polar surface area (TPSA) is 55.5 Å². The van der Waals surface area contributed by atoms with Crippen LogP contribution in [0.15, 0.2) is 91.4 Å². The van der Waals surface area contributed by atoms with Crippen LogP contribution in [-0.2, 0) is 6.54 Å². The molecule has 5 aromatic rings. The molecule has 0 unspecified atom stereocenters. The Hall–Kier alpha value is -4.16. The summed E-state index contributed by atoms with van der Waals surface area (Å²) in [5.74, 6) is 0.822. The fourth-order valence-electron chi connectivity index (χ4n) is 3.75. The number of anilines is 2. The summed E-state index contributed by atoms with van der Waals surface area (Å²) < 4.78 is 7.09. The lowest BCUT2D eigenvalue weighted by molar-refractivity contribution is 0.414. The van der Waals surface area contributed by atoms with E-state index in [1.54, 1.807) is 30.2 Å². The molecule has 0 aliphatic carbocycles. The number of imidazole rings is 1. The molecule has 7 heteroatoms. The van der Waals surface area contributed by atoms with Gasteiger partial charge in [0.15, 0.2) is 10.8 Å². The number of fused-ring (bicyclic) bond motifs is 1. The number of ether oxygens (including phenoxy) is 1. The third-order valence-electron chi connectivity index (χ3n) is 5.46. The number of rotatable bonds is 7. The molecule has 0 bridgehead atoms. The van der Waals surface area contributed by atoms with Crippen LogP contribution in [0.5, 0.6) is 5.75 Å². The Kier molecular flexibility index (Phi) is 6.23. The van der Waals surface area contributed by atoms with Crippen molar-refractivity contribution in [2.45, 2.75) is 6.54 Å². The van der Waals surface area contributed by atoms with Crippen LogP contribution in [0.2, 0.25) is 5.15 Å². The number of para-hydroxylation sites is 1. The molecule has 0 atom stereocenters. The number of methoxy groups -OCH3 is 1. The van der Waals surface area contributed by atoms with Gasteiger partial charge in [-0.3, -0.25) is 4.98 Å². The molecule has 3 heterocycles. The van der Waals surface area contributed by atoms with Crippen molar-refractivity contribution in [3.8, 4) is 5.75 Å². The molecule has 168 valence electrons. The molecule has 6 nitrogen and oxygen atoms in total. The van der Waals surface area contributed by atoms with E-state index in [1.807, 2.05) is 60.7 Å². The summed E-state index contributed by atoms with van der Waals surface area (Å²) in [6.45, 7) is 0.624. The minimum Gasteiger partial charge on any atom is -0.497 e. The average Bonchev–Trinajstić information content (AvgIpc) is 3.30. The van der Waals surface area contributed by atoms with Crippen LogP contribution in [0.4, 0.5) is 11.4 Å². The van der Waals surface area contributed by atoms with Gasteiger partial charge in [0, 0.05) is 30.7 Å². The number of pyridine rings is 1. The van der Waals surface area contributed by atoms with Crippen LogP contribution >= 0.6 is 11.6 Å². The van der Waals surface area contributed by atoms with E-state index in [2.05, 4.69) is 39.2 Å². The second kappa shape index (κ2) is 9.77. The first-order valence-electron chi connectivity index (χ1n) is 10.8. The molecule has 5 rings (SSSR count). The molecular formula is C27H22ClN5O. The Morgan fingerprint density at radius 2 is 1.74 bits per heavy atom. The zero-order valence-corrected chi connectivity index (χ0v) is 19.3. The van der Waals surface area contributed by atoms with Gasteiger partial charge in [-0.25, -0.2) is 9.50 Å². The fraction of sp³-hybridized carbons (Fsp3) is 0.0741. The molecule has 2 aromatic carbocycles. The van der Waals surface area contributed by atoms with Crippen molar-refractivity contribution in [3.63, 3.8) is 0 Å². The predicted molar refractivity (Wildman–Crippen MR) is 136 cm³/mol. The molecule has 34 heavy (non-hydrogen) atoms. The van der Waals surface area contributed by atoms with Gasteiger partial charge in [-0.1, -0.05) is 48.0 Å². The molecule has 0 aliphatic heterocycles. The standard InChI is InChI=1S/C27H22ClN5O/c1-34-24-11-8-21(9-12-24)19-32(22-5-3-2-4-6-22)25-17-26(28)31-33-23(18-30-27(25)33)10-7-20-13-15-29-16-14-20/h2-18H,19H2,1H3/b10-7+. The van der Waals surface area contributed by atoms with E-state index in [4.69, 9.17) is 21.3 Å².